The highest BCUT2D eigenvalue weighted by Crippen LogP contribution is 2.48. The Labute approximate surface area is 134 Å². The van der Waals surface area contributed by atoms with E-state index in [9.17, 15) is 39.2 Å². The molecule has 0 saturated carbocycles. The Balaban J connectivity index is 0.000000463. The second kappa shape index (κ2) is 7.76. The third-order valence-electron chi connectivity index (χ3n) is 2.78. The van der Waals surface area contributed by atoms with Crippen LogP contribution >= 0.6 is 0 Å². The molecule has 5 nitrogen and oxygen atoms in total. The van der Waals surface area contributed by atoms with Crippen LogP contribution in [-0.4, -0.2) is 60.4 Å². The summed E-state index contributed by atoms with van der Waals surface area (Å²) in [5, 5.41) is -6.61. The maximum absolute atomic E-state index is 11.9. The van der Waals surface area contributed by atoms with Gasteiger partial charge in [-0.25, -0.2) is 0 Å². The zero-order chi connectivity index (χ0) is 19.4. The van der Waals surface area contributed by atoms with Crippen LogP contribution in [0.1, 0.15) is 19.8 Å². The lowest BCUT2D eigenvalue weighted by atomic mass is 10.3. The second-order valence-corrected chi connectivity index (χ2v) is 6.39. The Morgan fingerprint density at radius 2 is 1.58 bits per heavy atom. The topological polar surface area (TPSA) is 60.9 Å². The first-order valence-corrected chi connectivity index (χ1v) is 7.94. The number of halogens is 7. The maximum Gasteiger partial charge on any atom is 0.461 e. The van der Waals surface area contributed by atoms with Crippen molar-refractivity contribution in [3.63, 3.8) is 0 Å². The quantitative estimate of drug-likeness (QED) is 0.577. The lowest BCUT2D eigenvalue weighted by Crippen LogP contribution is -2.55. The molecule has 0 fully saturated rings. The predicted octanol–water partition coefficient (Wildman–Crippen LogP) is 3.13. The van der Waals surface area contributed by atoms with E-state index in [4.69, 9.17) is 4.55 Å². The fourth-order valence-corrected chi connectivity index (χ4v) is 1.86. The van der Waals surface area contributed by atoms with E-state index in [0.29, 0.717) is 0 Å². The van der Waals surface area contributed by atoms with Crippen LogP contribution in [-0.2, 0) is 10.1 Å². The normalized spacial score (nSPS) is 16.2. The molecule has 1 aliphatic heterocycles. The van der Waals surface area contributed by atoms with Crippen molar-refractivity contribution < 1.29 is 43.7 Å². The summed E-state index contributed by atoms with van der Waals surface area (Å²) >= 11 is 0. The van der Waals surface area contributed by atoms with Crippen molar-refractivity contribution in [3.8, 4) is 0 Å². The fourth-order valence-electron chi connectivity index (χ4n) is 1.42. The molecule has 0 aromatic rings. The van der Waals surface area contributed by atoms with Gasteiger partial charge in [-0.3, -0.25) is 4.55 Å². The number of hydrogen-bond acceptors (Lipinski definition) is 4. The molecule has 0 spiro atoms. The van der Waals surface area contributed by atoms with E-state index in [1.807, 2.05) is 0 Å². The van der Waals surface area contributed by atoms with Crippen molar-refractivity contribution in [1.82, 2.24) is 9.80 Å². The van der Waals surface area contributed by atoms with Gasteiger partial charge in [0.25, 0.3) is 0 Å². The van der Waals surface area contributed by atoms with Crippen LogP contribution in [0.25, 0.3) is 0 Å². The Morgan fingerprint density at radius 1 is 1.08 bits per heavy atom. The molecule has 13 heteroatoms. The second-order valence-electron chi connectivity index (χ2n) is 4.93. The molecule has 0 saturated heterocycles. The SMILES string of the molecule is CCCCN1C=CN(C)C1.O=S(=O)(O)C(F)(F)C(F)(F)C(F)(F)F. The van der Waals surface area contributed by atoms with Gasteiger partial charge in [0.1, 0.15) is 0 Å². The minimum atomic E-state index is -6.85. The highest BCUT2D eigenvalue weighted by atomic mass is 32.2. The summed E-state index contributed by atoms with van der Waals surface area (Å²) in [4.78, 5) is 4.53. The molecule has 0 aromatic heterocycles. The molecule has 24 heavy (non-hydrogen) atoms. The molecule has 1 aliphatic rings. The molecule has 0 aromatic carbocycles. The number of nitrogens with zero attached hydrogens (tertiary/aromatic N) is 2. The van der Waals surface area contributed by atoms with Gasteiger partial charge >= 0.3 is 27.5 Å². The Bertz CT molecular complexity index is 534. The lowest BCUT2D eigenvalue weighted by Gasteiger charge is -2.25. The van der Waals surface area contributed by atoms with Crippen LogP contribution in [0.3, 0.4) is 0 Å². The smallest absolute Gasteiger partial charge is 0.362 e. The van der Waals surface area contributed by atoms with Crippen LogP contribution in [0.2, 0.25) is 0 Å². The van der Waals surface area contributed by atoms with E-state index in [0.717, 1.165) is 6.67 Å². The van der Waals surface area contributed by atoms with E-state index in [2.05, 4.69) is 36.2 Å². The van der Waals surface area contributed by atoms with Gasteiger partial charge in [0.05, 0.1) is 6.67 Å². The van der Waals surface area contributed by atoms with Gasteiger partial charge in [-0.15, -0.1) is 0 Å². The van der Waals surface area contributed by atoms with E-state index in [1.54, 1.807) is 0 Å². The maximum atomic E-state index is 11.9. The van der Waals surface area contributed by atoms with E-state index >= 15 is 0 Å². The van der Waals surface area contributed by atoms with Crippen LogP contribution in [0.4, 0.5) is 30.7 Å². The molecule has 0 unspecified atom stereocenters. The predicted molar refractivity (Wildman–Crippen MR) is 70.9 cm³/mol. The lowest BCUT2D eigenvalue weighted by molar-refractivity contribution is -0.333. The molecule has 0 atom stereocenters. The molecule has 1 N–H and O–H groups in total. The van der Waals surface area contributed by atoms with Crippen molar-refractivity contribution in [2.75, 3.05) is 20.3 Å². The number of unbranched alkanes of at least 4 members (excludes halogenated alkanes) is 1. The summed E-state index contributed by atoms with van der Waals surface area (Å²) in [6, 6.07) is 0. The average molecular weight is 390 g/mol. The van der Waals surface area contributed by atoms with Crippen molar-refractivity contribution in [1.29, 1.82) is 0 Å². The van der Waals surface area contributed by atoms with Gasteiger partial charge in [-0.2, -0.15) is 39.2 Å². The van der Waals surface area contributed by atoms with Crippen LogP contribution in [0.15, 0.2) is 12.4 Å². The standard InChI is InChI=1S/C8H16N2.C3HF7O3S/c1-3-4-5-10-7-6-9(2)8-10;4-1(5,2(6,7)8)3(9,10)14(11,12)13/h6-7H,3-5,8H2,1-2H3;(H,11,12,13). The largest absolute Gasteiger partial charge is 0.461 e. The van der Waals surface area contributed by atoms with Crippen molar-refractivity contribution >= 4 is 10.1 Å². The third kappa shape index (κ3) is 5.40. The summed E-state index contributed by atoms with van der Waals surface area (Å²) in [5.74, 6) is -6.85. The minimum Gasteiger partial charge on any atom is -0.362 e. The van der Waals surface area contributed by atoms with Crippen molar-refractivity contribution in [2.24, 2.45) is 0 Å². The van der Waals surface area contributed by atoms with Gasteiger partial charge in [-0.1, -0.05) is 13.3 Å². The summed E-state index contributed by atoms with van der Waals surface area (Å²) in [7, 11) is -4.75. The zero-order valence-electron chi connectivity index (χ0n) is 12.7. The van der Waals surface area contributed by atoms with Gasteiger partial charge in [0, 0.05) is 26.0 Å². The molecular formula is C11H17F7N2O3S. The van der Waals surface area contributed by atoms with Crippen LogP contribution < -0.4 is 0 Å². The van der Waals surface area contributed by atoms with E-state index in [1.165, 1.54) is 19.4 Å². The average Bonchev–Trinajstić information content (AvgIpc) is 2.80. The third-order valence-corrected chi connectivity index (χ3v) is 3.69. The van der Waals surface area contributed by atoms with Crippen LogP contribution in [0.5, 0.6) is 0 Å². The molecule has 0 amide bonds. The van der Waals surface area contributed by atoms with Gasteiger partial charge in [0.2, 0.25) is 0 Å². The Morgan fingerprint density at radius 3 is 1.83 bits per heavy atom. The highest BCUT2D eigenvalue weighted by molar-refractivity contribution is 7.87. The van der Waals surface area contributed by atoms with Crippen molar-refractivity contribution in [2.45, 2.75) is 37.1 Å². The monoisotopic (exact) mass is 390 g/mol. The summed E-state index contributed by atoms with van der Waals surface area (Å²) in [5.41, 5.74) is 0. The molecule has 0 aliphatic carbocycles. The number of hydrogen-bond donors (Lipinski definition) is 1. The van der Waals surface area contributed by atoms with E-state index < -0.39 is 27.5 Å². The number of alkyl halides is 7. The molecule has 1 rings (SSSR count). The number of rotatable bonds is 5. The first-order valence-electron chi connectivity index (χ1n) is 6.50. The Kier molecular flexibility index (Phi) is 7.36. The van der Waals surface area contributed by atoms with Gasteiger partial charge in [-0.05, 0) is 6.42 Å². The summed E-state index contributed by atoms with van der Waals surface area (Å²) in [6.07, 6.45) is 0.0872. The van der Waals surface area contributed by atoms with Gasteiger partial charge < -0.3 is 9.80 Å². The first-order chi connectivity index (χ1) is 10.6. The summed E-state index contributed by atoms with van der Waals surface area (Å²) in [6.45, 7) is 4.50. The Hall–Kier alpha value is -1.24. The molecule has 0 bridgehead atoms. The van der Waals surface area contributed by atoms with Crippen molar-refractivity contribution in [3.05, 3.63) is 12.4 Å². The molecule has 0 radical (unpaired) electrons. The first kappa shape index (κ1) is 22.8. The molecule has 144 valence electrons. The summed E-state index contributed by atoms with van der Waals surface area (Å²) < 4.78 is 108. The molecular weight excluding hydrogens is 373 g/mol. The minimum absolute atomic E-state index is 1.07. The van der Waals surface area contributed by atoms with Gasteiger partial charge in [0.15, 0.2) is 0 Å². The fraction of sp³-hybridized carbons (Fsp3) is 0.818. The van der Waals surface area contributed by atoms with Crippen LogP contribution in [0, 0.1) is 0 Å². The van der Waals surface area contributed by atoms with E-state index in [-0.39, 0.29) is 0 Å². The molecule has 1 heterocycles. The zero-order valence-corrected chi connectivity index (χ0v) is 13.5. The highest BCUT2D eigenvalue weighted by Gasteiger charge is 2.78.